The molecule has 0 aliphatic heterocycles. The van der Waals surface area contributed by atoms with Crippen molar-refractivity contribution in [3.63, 3.8) is 0 Å². The Morgan fingerprint density at radius 3 is 2.48 bits per heavy atom. The fraction of sp³-hybridized carbons (Fsp3) is 0.167. The first-order valence-corrected chi connectivity index (χ1v) is 7.27. The van der Waals surface area contributed by atoms with Crippen molar-refractivity contribution in [2.75, 3.05) is 0 Å². The van der Waals surface area contributed by atoms with Crippen molar-refractivity contribution in [2.45, 2.75) is 20.5 Å². The van der Waals surface area contributed by atoms with Crippen LogP contribution in [0.1, 0.15) is 33.3 Å². The van der Waals surface area contributed by atoms with Gasteiger partial charge in [0.1, 0.15) is 6.61 Å². The lowest BCUT2D eigenvalue weighted by atomic mass is 10.2. The number of para-hydroxylation sites is 1. The van der Waals surface area contributed by atoms with Gasteiger partial charge in [-0.3, -0.25) is 4.79 Å². The molecule has 5 heteroatoms. The molecule has 0 bridgehead atoms. The van der Waals surface area contributed by atoms with Gasteiger partial charge in [0.15, 0.2) is 5.69 Å². The molecule has 5 nitrogen and oxygen atoms in total. The molecule has 0 fully saturated rings. The van der Waals surface area contributed by atoms with Crippen molar-refractivity contribution in [1.29, 1.82) is 0 Å². The lowest BCUT2D eigenvalue weighted by Gasteiger charge is -2.04. The number of benzene rings is 2. The maximum Gasteiger partial charge on any atom is 0.359 e. The van der Waals surface area contributed by atoms with Crippen molar-refractivity contribution < 1.29 is 14.3 Å². The summed E-state index contributed by atoms with van der Waals surface area (Å²) in [5, 5.41) is 4.72. The summed E-state index contributed by atoms with van der Waals surface area (Å²) in [6, 6.07) is 14.8. The Morgan fingerprint density at radius 2 is 1.78 bits per heavy atom. The SMILES string of the molecule is CC(=O)n1nc(C(=O)OCc2ccc(C)cc2)c2ccccc21. The average molecular weight is 308 g/mol. The third-order valence-electron chi connectivity index (χ3n) is 3.57. The van der Waals surface area contributed by atoms with Crippen LogP contribution in [0.2, 0.25) is 0 Å². The topological polar surface area (TPSA) is 61.2 Å². The van der Waals surface area contributed by atoms with Crippen molar-refractivity contribution in [1.82, 2.24) is 9.78 Å². The van der Waals surface area contributed by atoms with E-state index in [1.54, 1.807) is 24.3 Å². The Morgan fingerprint density at radius 1 is 1.09 bits per heavy atom. The molecule has 3 rings (SSSR count). The standard InChI is InChI=1S/C18H16N2O3/c1-12-7-9-14(10-8-12)11-23-18(22)17-15-5-3-4-6-16(15)20(19-17)13(2)21/h3-10H,11H2,1-2H3. The first-order valence-electron chi connectivity index (χ1n) is 7.27. The zero-order chi connectivity index (χ0) is 16.4. The van der Waals surface area contributed by atoms with Crippen LogP contribution in [0, 0.1) is 6.92 Å². The fourth-order valence-electron chi connectivity index (χ4n) is 2.36. The Bertz CT molecular complexity index is 879. The van der Waals surface area contributed by atoms with Gasteiger partial charge in [0.05, 0.1) is 5.52 Å². The van der Waals surface area contributed by atoms with Gasteiger partial charge in [-0.15, -0.1) is 0 Å². The van der Waals surface area contributed by atoms with E-state index in [-0.39, 0.29) is 18.2 Å². The molecule has 3 aromatic rings. The highest BCUT2D eigenvalue weighted by molar-refractivity contribution is 6.04. The molecule has 0 aliphatic carbocycles. The molecule has 1 aromatic heterocycles. The van der Waals surface area contributed by atoms with Crippen LogP contribution >= 0.6 is 0 Å². The summed E-state index contributed by atoms with van der Waals surface area (Å²) in [7, 11) is 0. The smallest absolute Gasteiger partial charge is 0.359 e. The minimum Gasteiger partial charge on any atom is -0.456 e. The lowest BCUT2D eigenvalue weighted by Crippen LogP contribution is -2.11. The van der Waals surface area contributed by atoms with Gasteiger partial charge in [0.25, 0.3) is 0 Å². The highest BCUT2D eigenvalue weighted by atomic mass is 16.5. The molecular formula is C18H16N2O3. The zero-order valence-electron chi connectivity index (χ0n) is 12.9. The van der Waals surface area contributed by atoms with Crippen molar-refractivity contribution in [3.8, 4) is 0 Å². The minimum absolute atomic E-state index is 0.155. The molecule has 0 saturated heterocycles. The third-order valence-corrected chi connectivity index (χ3v) is 3.57. The first kappa shape index (κ1) is 15.0. The van der Waals surface area contributed by atoms with E-state index in [4.69, 9.17) is 4.74 Å². The summed E-state index contributed by atoms with van der Waals surface area (Å²) in [5.74, 6) is -0.791. The highest BCUT2D eigenvalue weighted by Crippen LogP contribution is 2.19. The largest absolute Gasteiger partial charge is 0.456 e. The van der Waals surface area contributed by atoms with E-state index in [1.165, 1.54) is 11.6 Å². The van der Waals surface area contributed by atoms with Crippen LogP contribution in [0.3, 0.4) is 0 Å². The molecule has 23 heavy (non-hydrogen) atoms. The summed E-state index contributed by atoms with van der Waals surface area (Å²) in [5.41, 5.74) is 2.80. The van der Waals surface area contributed by atoms with Gasteiger partial charge in [0, 0.05) is 12.3 Å². The molecule has 0 atom stereocenters. The molecule has 116 valence electrons. The van der Waals surface area contributed by atoms with Gasteiger partial charge in [0.2, 0.25) is 5.91 Å². The Kier molecular flexibility index (Phi) is 3.93. The number of aromatic nitrogens is 2. The van der Waals surface area contributed by atoms with Crippen molar-refractivity contribution >= 4 is 22.8 Å². The molecule has 0 N–H and O–H groups in total. The van der Waals surface area contributed by atoms with Crippen LogP contribution in [-0.4, -0.2) is 21.7 Å². The quantitative estimate of drug-likeness (QED) is 0.696. The summed E-state index contributed by atoms with van der Waals surface area (Å²) >= 11 is 0. The predicted octanol–water partition coefficient (Wildman–Crippen LogP) is 3.36. The summed E-state index contributed by atoms with van der Waals surface area (Å²) in [6.45, 7) is 3.57. The average Bonchev–Trinajstić information content (AvgIpc) is 2.94. The number of carbonyl (C=O) groups excluding carboxylic acids is 2. The van der Waals surface area contributed by atoms with E-state index in [1.807, 2.05) is 31.2 Å². The fourth-order valence-corrected chi connectivity index (χ4v) is 2.36. The summed E-state index contributed by atoms with van der Waals surface area (Å²) in [4.78, 5) is 24.0. The first-order chi connectivity index (χ1) is 11.1. The summed E-state index contributed by atoms with van der Waals surface area (Å²) < 4.78 is 6.55. The second-order valence-corrected chi connectivity index (χ2v) is 5.36. The van der Waals surface area contributed by atoms with Gasteiger partial charge in [-0.25, -0.2) is 4.79 Å². The molecule has 1 heterocycles. The second kappa shape index (κ2) is 6.04. The number of aryl methyl sites for hydroxylation is 1. The third kappa shape index (κ3) is 2.99. The number of nitrogens with zero attached hydrogens (tertiary/aromatic N) is 2. The number of hydrogen-bond acceptors (Lipinski definition) is 4. The van der Waals surface area contributed by atoms with E-state index in [2.05, 4.69) is 5.10 Å². The minimum atomic E-state index is -0.540. The predicted molar refractivity (Wildman–Crippen MR) is 86.3 cm³/mol. The van der Waals surface area contributed by atoms with Crippen LogP contribution in [0.5, 0.6) is 0 Å². The molecule has 0 amide bonds. The van der Waals surface area contributed by atoms with Gasteiger partial charge >= 0.3 is 5.97 Å². The number of ether oxygens (including phenoxy) is 1. The van der Waals surface area contributed by atoms with E-state index in [9.17, 15) is 9.59 Å². The lowest BCUT2D eigenvalue weighted by molar-refractivity contribution is 0.0467. The maximum absolute atomic E-state index is 12.3. The van der Waals surface area contributed by atoms with E-state index < -0.39 is 5.97 Å². The number of rotatable bonds is 3. The normalized spacial score (nSPS) is 10.7. The highest BCUT2D eigenvalue weighted by Gasteiger charge is 2.19. The number of esters is 1. The van der Waals surface area contributed by atoms with Crippen LogP contribution < -0.4 is 0 Å². The molecule has 0 saturated carbocycles. The Balaban J connectivity index is 1.86. The van der Waals surface area contributed by atoms with Gasteiger partial charge in [-0.1, -0.05) is 48.0 Å². The summed E-state index contributed by atoms with van der Waals surface area (Å²) in [6.07, 6.45) is 0. The van der Waals surface area contributed by atoms with Gasteiger partial charge < -0.3 is 4.74 Å². The van der Waals surface area contributed by atoms with E-state index in [0.717, 1.165) is 11.1 Å². The zero-order valence-corrected chi connectivity index (χ0v) is 12.9. The van der Waals surface area contributed by atoms with Crippen LogP contribution in [-0.2, 0) is 11.3 Å². The molecule has 2 aromatic carbocycles. The van der Waals surface area contributed by atoms with Crippen LogP contribution in [0.25, 0.3) is 10.9 Å². The Hall–Kier alpha value is -2.95. The van der Waals surface area contributed by atoms with E-state index in [0.29, 0.717) is 10.9 Å². The van der Waals surface area contributed by atoms with Crippen LogP contribution in [0.4, 0.5) is 0 Å². The Labute approximate surface area is 133 Å². The molecule has 0 unspecified atom stereocenters. The van der Waals surface area contributed by atoms with Gasteiger partial charge in [-0.2, -0.15) is 9.78 Å². The number of fused-ring (bicyclic) bond motifs is 1. The number of hydrogen-bond donors (Lipinski definition) is 0. The molecule has 0 radical (unpaired) electrons. The van der Waals surface area contributed by atoms with Crippen molar-refractivity contribution in [2.24, 2.45) is 0 Å². The number of carbonyl (C=O) groups is 2. The molecular weight excluding hydrogens is 292 g/mol. The molecule has 0 aliphatic rings. The van der Waals surface area contributed by atoms with Crippen molar-refractivity contribution in [3.05, 3.63) is 65.4 Å². The second-order valence-electron chi connectivity index (χ2n) is 5.36. The monoisotopic (exact) mass is 308 g/mol. The van der Waals surface area contributed by atoms with Gasteiger partial charge in [-0.05, 0) is 18.6 Å². The van der Waals surface area contributed by atoms with E-state index >= 15 is 0 Å². The van der Waals surface area contributed by atoms with Crippen LogP contribution in [0.15, 0.2) is 48.5 Å². The molecule has 0 spiro atoms. The maximum atomic E-state index is 12.3.